The average molecular weight is 347 g/mol. The normalized spacial score (nSPS) is 17.5. The number of piperidine rings is 1. The van der Waals surface area contributed by atoms with E-state index >= 15 is 0 Å². The first-order chi connectivity index (χ1) is 12.1. The van der Waals surface area contributed by atoms with Crippen LogP contribution in [0.4, 0.5) is 4.79 Å². The number of rotatable bonds is 6. The molecular weight excluding hydrogens is 318 g/mol. The summed E-state index contributed by atoms with van der Waals surface area (Å²) in [6, 6.07) is 5.76. The summed E-state index contributed by atoms with van der Waals surface area (Å²) in [6.07, 6.45) is 3.59. The van der Waals surface area contributed by atoms with Crippen molar-refractivity contribution in [3.63, 3.8) is 0 Å². The van der Waals surface area contributed by atoms with Crippen molar-refractivity contribution in [2.75, 3.05) is 40.0 Å². The molecule has 1 N–H and O–H groups in total. The molecule has 0 atom stereocenters. The highest BCUT2D eigenvalue weighted by Gasteiger charge is 2.16. The Labute approximate surface area is 150 Å². The molecular formula is C19H29N3O3. The molecule has 1 aromatic rings. The number of nitrogens with one attached hydrogen (secondary N) is 1. The van der Waals surface area contributed by atoms with Gasteiger partial charge < -0.3 is 24.6 Å². The highest BCUT2D eigenvalue weighted by atomic mass is 16.7. The van der Waals surface area contributed by atoms with Crippen LogP contribution in [0.15, 0.2) is 18.2 Å². The first-order valence-electron chi connectivity index (χ1n) is 9.21. The van der Waals surface area contributed by atoms with E-state index in [1.54, 1.807) is 4.90 Å². The molecule has 0 radical (unpaired) electrons. The minimum absolute atomic E-state index is 0.0371. The van der Waals surface area contributed by atoms with Crippen LogP contribution in [0.25, 0.3) is 0 Å². The number of amides is 2. The summed E-state index contributed by atoms with van der Waals surface area (Å²) in [4.78, 5) is 16.4. The van der Waals surface area contributed by atoms with Gasteiger partial charge in [0.25, 0.3) is 0 Å². The van der Waals surface area contributed by atoms with E-state index in [9.17, 15) is 4.79 Å². The fourth-order valence-corrected chi connectivity index (χ4v) is 3.30. The standard InChI is InChI=1S/C19H29N3O3/c1-15-6-10-22(11-7-15)9-3-8-20-19(23)21(2)13-16-4-5-17-18(12-16)25-14-24-17/h4-5,12,15H,3,6-11,13-14H2,1-2H3,(H,20,23). The van der Waals surface area contributed by atoms with Gasteiger partial charge in [-0.2, -0.15) is 0 Å². The lowest BCUT2D eigenvalue weighted by atomic mass is 9.99. The second-order valence-electron chi connectivity index (χ2n) is 7.15. The maximum absolute atomic E-state index is 12.2. The first kappa shape index (κ1) is 17.9. The fourth-order valence-electron chi connectivity index (χ4n) is 3.30. The molecule has 0 bridgehead atoms. The third-order valence-electron chi connectivity index (χ3n) is 5.01. The van der Waals surface area contributed by atoms with Gasteiger partial charge in [-0.15, -0.1) is 0 Å². The first-order valence-corrected chi connectivity index (χ1v) is 9.21. The average Bonchev–Trinajstić information content (AvgIpc) is 3.07. The van der Waals surface area contributed by atoms with Crippen LogP contribution >= 0.6 is 0 Å². The molecule has 0 aromatic heterocycles. The van der Waals surface area contributed by atoms with E-state index in [1.165, 1.54) is 25.9 Å². The summed E-state index contributed by atoms with van der Waals surface area (Å²) in [5, 5.41) is 3.01. The topological polar surface area (TPSA) is 54.0 Å². The Balaban J connectivity index is 1.35. The van der Waals surface area contributed by atoms with Crippen molar-refractivity contribution in [3.8, 4) is 11.5 Å². The number of carbonyl (C=O) groups is 1. The smallest absolute Gasteiger partial charge is 0.317 e. The van der Waals surface area contributed by atoms with E-state index in [4.69, 9.17) is 9.47 Å². The molecule has 6 nitrogen and oxygen atoms in total. The number of likely N-dealkylation sites (tertiary alicyclic amines) is 1. The zero-order valence-electron chi connectivity index (χ0n) is 15.3. The summed E-state index contributed by atoms with van der Waals surface area (Å²) >= 11 is 0. The van der Waals surface area contributed by atoms with Crippen LogP contribution in [0.3, 0.4) is 0 Å². The molecule has 1 saturated heterocycles. The highest BCUT2D eigenvalue weighted by Crippen LogP contribution is 2.32. The van der Waals surface area contributed by atoms with Gasteiger partial charge >= 0.3 is 6.03 Å². The molecule has 0 aliphatic carbocycles. The molecule has 0 saturated carbocycles. The molecule has 3 rings (SSSR count). The van der Waals surface area contributed by atoms with E-state index in [1.807, 2.05) is 25.2 Å². The van der Waals surface area contributed by atoms with Gasteiger partial charge in [-0.3, -0.25) is 0 Å². The molecule has 1 fully saturated rings. The molecule has 2 aliphatic rings. The van der Waals surface area contributed by atoms with Crippen molar-refractivity contribution in [1.82, 2.24) is 15.1 Å². The third kappa shape index (κ3) is 5.01. The molecule has 2 amide bonds. The lowest BCUT2D eigenvalue weighted by Crippen LogP contribution is -2.39. The third-order valence-corrected chi connectivity index (χ3v) is 5.01. The predicted octanol–water partition coefficient (Wildman–Crippen LogP) is 2.68. The molecule has 6 heteroatoms. The van der Waals surface area contributed by atoms with Gasteiger partial charge in [0, 0.05) is 20.1 Å². The van der Waals surface area contributed by atoms with Crippen molar-refractivity contribution >= 4 is 6.03 Å². The van der Waals surface area contributed by atoms with Gasteiger partial charge in [0.15, 0.2) is 11.5 Å². The lowest BCUT2D eigenvalue weighted by molar-refractivity contribution is 0.174. The monoisotopic (exact) mass is 347 g/mol. The summed E-state index contributed by atoms with van der Waals surface area (Å²) in [5.41, 5.74) is 1.03. The van der Waals surface area contributed by atoms with Gasteiger partial charge in [-0.1, -0.05) is 13.0 Å². The molecule has 2 aliphatic heterocycles. The number of hydrogen-bond acceptors (Lipinski definition) is 4. The van der Waals surface area contributed by atoms with Crippen molar-refractivity contribution in [3.05, 3.63) is 23.8 Å². The van der Waals surface area contributed by atoms with E-state index in [0.717, 1.165) is 42.5 Å². The summed E-state index contributed by atoms with van der Waals surface area (Å²) < 4.78 is 10.7. The molecule has 0 unspecified atom stereocenters. The Kier molecular flexibility index (Phi) is 6.02. The number of benzene rings is 1. The second kappa shape index (κ2) is 8.43. The Morgan fingerprint density at radius 2 is 2.04 bits per heavy atom. The van der Waals surface area contributed by atoms with Crippen molar-refractivity contribution < 1.29 is 14.3 Å². The SMILES string of the molecule is CC1CCN(CCCNC(=O)N(C)Cc2ccc3c(c2)OCO3)CC1. The number of hydrogen-bond donors (Lipinski definition) is 1. The van der Waals surface area contributed by atoms with Crippen molar-refractivity contribution in [2.45, 2.75) is 32.7 Å². The van der Waals surface area contributed by atoms with Gasteiger partial charge in [-0.25, -0.2) is 4.79 Å². The highest BCUT2D eigenvalue weighted by molar-refractivity contribution is 5.73. The van der Waals surface area contributed by atoms with Gasteiger partial charge in [0.05, 0.1) is 0 Å². The summed E-state index contributed by atoms with van der Waals surface area (Å²) in [7, 11) is 1.81. The second-order valence-corrected chi connectivity index (χ2v) is 7.15. The summed E-state index contributed by atoms with van der Waals surface area (Å²) in [6.45, 7) is 7.32. The minimum atomic E-state index is -0.0371. The molecule has 138 valence electrons. The zero-order chi connectivity index (χ0) is 17.6. The van der Waals surface area contributed by atoms with Crippen LogP contribution in [0.2, 0.25) is 0 Å². The zero-order valence-corrected chi connectivity index (χ0v) is 15.3. The quantitative estimate of drug-likeness (QED) is 0.804. The Morgan fingerprint density at radius 3 is 2.84 bits per heavy atom. The van der Waals surface area contributed by atoms with E-state index in [-0.39, 0.29) is 12.8 Å². The van der Waals surface area contributed by atoms with Crippen LogP contribution in [0, 0.1) is 5.92 Å². The van der Waals surface area contributed by atoms with Crippen LogP contribution in [-0.2, 0) is 6.54 Å². The number of urea groups is 1. The lowest BCUT2D eigenvalue weighted by Gasteiger charge is -2.30. The maximum atomic E-state index is 12.2. The number of ether oxygens (including phenoxy) is 2. The van der Waals surface area contributed by atoms with E-state index in [0.29, 0.717) is 6.54 Å². The van der Waals surface area contributed by atoms with Crippen molar-refractivity contribution in [1.29, 1.82) is 0 Å². The fraction of sp³-hybridized carbons (Fsp3) is 0.632. The van der Waals surface area contributed by atoms with Gasteiger partial charge in [-0.05, 0) is 62.5 Å². The predicted molar refractivity (Wildman–Crippen MR) is 96.9 cm³/mol. The molecule has 25 heavy (non-hydrogen) atoms. The number of fused-ring (bicyclic) bond motifs is 1. The van der Waals surface area contributed by atoms with Crippen LogP contribution < -0.4 is 14.8 Å². The van der Waals surface area contributed by atoms with Crippen LogP contribution in [0.5, 0.6) is 11.5 Å². The summed E-state index contributed by atoms with van der Waals surface area (Å²) in [5.74, 6) is 2.38. The number of nitrogens with zero attached hydrogens (tertiary/aromatic N) is 2. The molecule has 2 heterocycles. The van der Waals surface area contributed by atoms with Gasteiger partial charge in [0.2, 0.25) is 6.79 Å². The van der Waals surface area contributed by atoms with Crippen LogP contribution in [0.1, 0.15) is 31.7 Å². The Bertz CT molecular complexity index is 585. The maximum Gasteiger partial charge on any atom is 0.317 e. The Morgan fingerprint density at radius 1 is 1.28 bits per heavy atom. The molecule has 0 spiro atoms. The molecule has 1 aromatic carbocycles. The van der Waals surface area contributed by atoms with Crippen molar-refractivity contribution in [2.24, 2.45) is 5.92 Å². The Hall–Kier alpha value is -1.95. The largest absolute Gasteiger partial charge is 0.454 e. The number of carbonyl (C=O) groups excluding carboxylic acids is 1. The van der Waals surface area contributed by atoms with Gasteiger partial charge in [0.1, 0.15) is 0 Å². The van der Waals surface area contributed by atoms with E-state index < -0.39 is 0 Å². The van der Waals surface area contributed by atoms with Crippen LogP contribution in [-0.4, -0.2) is 55.9 Å². The van der Waals surface area contributed by atoms with E-state index in [2.05, 4.69) is 17.1 Å². The minimum Gasteiger partial charge on any atom is -0.454 e.